The maximum absolute atomic E-state index is 10.5. The molecule has 0 saturated heterocycles. The maximum atomic E-state index is 10.5. The Hall–Kier alpha value is -0.150. The number of carbonyl (C=O) groups is 2. The average Bonchev–Trinajstić information content (AvgIpc) is 2.15. The summed E-state index contributed by atoms with van der Waals surface area (Å²) in [6, 6.07) is -1.89. The molecule has 6 N–H and O–H groups in total. The quantitative estimate of drug-likeness (QED) is 0.483. The van der Waals surface area contributed by atoms with Gasteiger partial charge in [0.1, 0.15) is 12.1 Å². The molecule has 0 aliphatic heterocycles. The molecule has 9 heteroatoms. The minimum atomic E-state index is -1.07. The van der Waals surface area contributed by atoms with Crippen molar-refractivity contribution in [3.05, 3.63) is 0 Å². The summed E-state index contributed by atoms with van der Waals surface area (Å²) in [7, 11) is 2.44. The Kier molecular flexibility index (Phi) is 10.2. The van der Waals surface area contributed by atoms with Gasteiger partial charge >= 0.3 is 11.9 Å². The van der Waals surface area contributed by atoms with Crippen LogP contribution in [0.15, 0.2) is 0 Å². The van der Waals surface area contributed by atoms with Gasteiger partial charge in [0, 0.05) is 11.0 Å². The van der Waals surface area contributed by atoms with Crippen molar-refractivity contribution in [1.29, 1.82) is 0 Å². The third-order valence-corrected chi connectivity index (χ3v) is 4.53. The van der Waals surface area contributed by atoms with Crippen molar-refractivity contribution in [3.8, 4) is 0 Å². The largest absolute Gasteiger partial charge is 0.480 e. The van der Waals surface area contributed by atoms with Gasteiger partial charge in [0.2, 0.25) is 0 Å². The molecule has 6 nitrogen and oxygen atoms in total. The van der Waals surface area contributed by atoms with Crippen LogP contribution in [0.2, 0.25) is 0 Å². The van der Waals surface area contributed by atoms with Crippen LogP contribution in [0, 0.1) is 0 Å². The molecule has 1 unspecified atom stereocenters. The number of carboxylic acid groups (broad SMARTS) is 2. The minimum absolute atomic E-state index is 0. The van der Waals surface area contributed by atoms with Gasteiger partial charge in [-0.15, -0.1) is 12.4 Å². The lowest BCUT2D eigenvalue weighted by atomic mass is 10.2. The van der Waals surface area contributed by atoms with Crippen LogP contribution in [-0.4, -0.2) is 45.2 Å². The summed E-state index contributed by atoms with van der Waals surface area (Å²) in [5.41, 5.74) is 10.6. The summed E-state index contributed by atoms with van der Waals surface area (Å²) in [5.74, 6) is -1.92. The van der Waals surface area contributed by atoms with Crippen LogP contribution in [-0.2, 0) is 9.59 Å². The molecule has 0 fully saturated rings. The summed E-state index contributed by atoms with van der Waals surface area (Å²) >= 11 is 0. The van der Waals surface area contributed by atoms with Crippen molar-refractivity contribution in [1.82, 2.24) is 0 Å². The number of carboxylic acids is 2. The van der Waals surface area contributed by atoms with Gasteiger partial charge in [-0.05, 0) is 0 Å². The van der Waals surface area contributed by atoms with Crippen molar-refractivity contribution in [2.75, 3.05) is 5.75 Å². The van der Waals surface area contributed by atoms with Crippen LogP contribution < -0.4 is 11.5 Å². The second-order valence-corrected chi connectivity index (χ2v) is 5.68. The van der Waals surface area contributed by atoms with E-state index in [1.807, 2.05) is 0 Å². The second-order valence-electron chi connectivity index (χ2n) is 2.89. The molecular formula is C7H15ClN2O4S2. The molecule has 0 radical (unpaired) electrons. The molecule has 0 aromatic rings. The first-order valence-electron chi connectivity index (χ1n) is 4.11. The highest BCUT2D eigenvalue weighted by Gasteiger charge is 2.21. The minimum Gasteiger partial charge on any atom is -0.480 e. The maximum Gasteiger partial charge on any atom is 0.321 e. The third-order valence-electron chi connectivity index (χ3n) is 1.58. The normalized spacial score (nSPS) is 15.7. The number of halogens is 1. The van der Waals surface area contributed by atoms with Crippen LogP contribution in [0.1, 0.15) is 6.92 Å². The molecule has 0 aromatic heterocycles. The van der Waals surface area contributed by atoms with E-state index in [1.54, 1.807) is 6.92 Å². The predicted molar refractivity (Wildman–Crippen MR) is 68.0 cm³/mol. The molecule has 0 saturated carbocycles. The first kappa shape index (κ1) is 18.2. The molecule has 0 amide bonds. The molecule has 0 aliphatic rings. The van der Waals surface area contributed by atoms with E-state index in [9.17, 15) is 9.59 Å². The Morgan fingerprint density at radius 3 is 2.12 bits per heavy atom. The fourth-order valence-corrected chi connectivity index (χ4v) is 3.05. The molecule has 96 valence electrons. The smallest absolute Gasteiger partial charge is 0.321 e. The van der Waals surface area contributed by atoms with E-state index in [0.29, 0.717) is 0 Å². The second kappa shape index (κ2) is 8.94. The van der Waals surface area contributed by atoms with E-state index in [-0.39, 0.29) is 23.4 Å². The van der Waals surface area contributed by atoms with E-state index < -0.39 is 24.0 Å². The molecule has 0 aliphatic carbocycles. The average molecular weight is 291 g/mol. The van der Waals surface area contributed by atoms with Crippen molar-refractivity contribution < 1.29 is 19.8 Å². The molecule has 0 heterocycles. The van der Waals surface area contributed by atoms with E-state index in [4.69, 9.17) is 21.7 Å². The van der Waals surface area contributed by atoms with Gasteiger partial charge in [0.25, 0.3) is 0 Å². The zero-order valence-electron chi connectivity index (χ0n) is 8.53. The van der Waals surface area contributed by atoms with Crippen LogP contribution in [0.5, 0.6) is 0 Å². The molecular weight excluding hydrogens is 276 g/mol. The van der Waals surface area contributed by atoms with E-state index in [0.717, 1.165) is 0 Å². The molecule has 0 aromatic carbocycles. The van der Waals surface area contributed by atoms with Crippen LogP contribution in [0.3, 0.4) is 0 Å². The molecule has 16 heavy (non-hydrogen) atoms. The highest BCUT2D eigenvalue weighted by molar-refractivity contribution is 8.77. The van der Waals surface area contributed by atoms with E-state index in [1.165, 1.54) is 21.6 Å². The highest BCUT2D eigenvalue weighted by Crippen LogP contribution is 2.28. The summed E-state index contributed by atoms with van der Waals surface area (Å²) < 4.78 is 0. The number of nitrogens with two attached hydrogens (primary N) is 2. The molecule has 3 atom stereocenters. The lowest BCUT2D eigenvalue weighted by molar-refractivity contribution is -0.139. The fourth-order valence-electron chi connectivity index (χ4n) is 0.552. The van der Waals surface area contributed by atoms with Crippen molar-refractivity contribution in [2.24, 2.45) is 11.5 Å². The number of hydrogen-bond acceptors (Lipinski definition) is 6. The zero-order chi connectivity index (χ0) is 12.0. The third kappa shape index (κ3) is 7.18. The Morgan fingerprint density at radius 1 is 1.25 bits per heavy atom. The highest BCUT2D eigenvalue weighted by atomic mass is 35.5. The SMILES string of the molecule is CC(SSC[C@H](N)C(=O)O)[C@H](N)C(=O)O.Cl. The van der Waals surface area contributed by atoms with Gasteiger partial charge in [-0.3, -0.25) is 9.59 Å². The van der Waals surface area contributed by atoms with Gasteiger partial charge < -0.3 is 21.7 Å². The van der Waals surface area contributed by atoms with E-state index in [2.05, 4.69) is 0 Å². The monoisotopic (exact) mass is 290 g/mol. The van der Waals surface area contributed by atoms with E-state index >= 15 is 0 Å². The first-order valence-corrected chi connectivity index (χ1v) is 6.49. The van der Waals surface area contributed by atoms with Gasteiger partial charge in [0.15, 0.2) is 0 Å². The van der Waals surface area contributed by atoms with Gasteiger partial charge in [0.05, 0.1) is 0 Å². The summed E-state index contributed by atoms with van der Waals surface area (Å²) in [6.45, 7) is 1.67. The standard InChI is InChI=1S/C7H14N2O4S2.ClH/c1-3(5(9)7(12)13)15-14-2-4(8)6(10)11;/h3-5H,2,8-9H2,1H3,(H,10,11)(H,12,13);1H/t3?,4-,5-;/m0./s1. The fraction of sp³-hybridized carbons (Fsp3) is 0.714. The first-order chi connectivity index (χ1) is 6.86. The lowest BCUT2D eigenvalue weighted by Gasteiger charge is -2.15. The summed E-state index contributed by atoms with van der Waals surface area (Å²) in [4.78, 5) is 20.8. The van der Waals surface area contributed by atoms with Crippen molar-refractivity contribution in [2.45, 2.75) is 24.3 Å². The number of hydrogen-bond donors (Lipinski definition) is 4. The van der Waals surface area contributed by atoms with Crippen LogP contribution in [0.25, 0.3) is 0 Å². The topological polar surface area (TPSA) is 127 Å². The Bertz CT molecular complexity index is 244. The van der Waals surface area contributed by atoms with Gasteiger partial charge in [-0.25, -0.2) is 0 Å². The summed E-state index contributed by atoms with van der Waals surface area (Å²) in [6.07, 6.45) is 0. The lowest BCUT2D eigenvalue weighted by Crippen LogP contribution is -2.38. The number of aliphatic carboxylic acids is 2. The van der Waals surface area contributed by atoms with Crippen LogP contribution >= 0.6 is 34.0 Å². The Morgan fingerprint density at radius 2 is 1.75 bits per heavy atom. The number of rotatable bonds is 7. The van der Waals surface area contributed by atoms with Crippen molar-refractivity contribution >= 4 is 45.9 Å². The summed E-state index contributed by atoms with van der Waals surface area (Å²) in [5, 5.41) is 16.8. The van der Waals surface area contributed by atoms with Crippen LogP contribution in [0.4, 0.5) is 0 Å². The zero-order valence-corrected chi connectivity index (χ0v) is 11.0. The van der Waals surface area contributed by atoms with Gasteiger partial charge in [-0.2, -0.15) is 0 Å². The Balaban J connectivity index is 0. The Labute approximate surface area is 107 Å². The van der Waals surface area contributed by atoms with Gasteiger partial charge in [-0.1, -0.05) is 28.5 Å². The molecule has 0 bridgehead atoms. The van der Waals surface area contributed by atoms with Crippen molar-refractivity contribution in [3.63, 3.8) is 0 Å². The predicted octanol–water partition coefficient (Wildman–Crippen LogP) is 0.00190. The molecule has 0 spiro atoms. The molecule has 0 rings (SSSR count).